The highest BCUT2D eigenvalue weighted by Gasteiger charge is 2.25. The lowest BCUT2D eigenvalue weighted by atomic mass is 10.1. The van der Waals surface area contributed by atoms with E-state index in [9.17, 15) is 23.1 Å². The molecule has 0 atom stereocenters. The number of hydrogen-bond acceptors (Lipinski definition) is 7. The third-order valence-corrected chi connectivity index (χ3v) is 8.40. The van der Waals surface area contributed by atoms with Crippen LogP contribution in [0.2, 0.25) is 0 Å². The molecule has 0 fully saturated rings. The zero-order chi connectivity index (χ0) is 27.7. The maximum atomic E-state index is 12.8. The van der Waals surface area contributed by atoms with Gasteiger partial charge >= 0.3 is 16.0 Å². The number of sulfonamides is 1. The molecule has 5 rings (SSSR count). The van der Waals surface area contributed by atoms with Gasteiger partial charge in [-0.2, -0.15) is 8.42 Å². The van der Waals surface area contributed by atoms with E-state index < -0.39 is 21.1 Å². The van der Waals surface area contributed by atoms with Crippen molar-refractivity contribution >= 4 is 49.3 Å². The molecule has 0 saturated carbocycles. The summed E-state index contributed by atoms with van der Waals surface area (Å²) >= 11 is 1.36. The standard InChI is InChI=1S/C28H24N4O5S2/c1-3-23-30-24-17(2)15-22(27(33)34)29-26(24)32(23)16-18-9-11-19(12-10-18)25-21(13-14-38-25)31-39(36,37)28(35)20-7-5-4-6-8-20/h4-15,31H,3,16H2,1-2H3,(H,33,34). The molecule has 5 aromatic rings. The monoisotopic (exact) mass is 560 g/mol. The molecule has 0 unspecified atom stereocenters. The number of rotatable bonds is 8. The molecular formula is C28H24N4O5S2. The number of aryl methyl sites for hydroxylation is 2. The number of thiophene rings is 1. The summed E-state index contributed by atoms with van der Waals surface area (Å²) in [7, 11) is -4.29. The maximum absolute atomic E-state index is 12.8. The minimum atomic E-state index is -4.29. The second-order valence-corrected chi connectivity index (χ2v) is 11.4. The Morgan fingerprint density at radius 2 is 1.74 bits per heavy atom. The van der Waals surface area contributed by atoms with Gasteiger partial charge in [-0.3, -0.25) is 9.52 Å². The molecule has 0 amide bonds. The number of hydrogen-bond donors (Lipinski definition) is 2. The van der Waals surface area contributed by atoms with E-state index in [-0.39, 0.29) is 11.3 Å². The normalized spacial score (nSPS) is 11.5. The molecule has 0 aliphatic rings. The zero-order valence-corrected chi connectivity index (χ0v) is 22.7. The number of benzene rings is 2. The minimum absolute atomic E-state index is 0.0300. The highest BCUT2D eigenvalue weighted by Crippen LogP contribution is 2.35. The van der Waals surface area contributed by atoms with E-state index in [0.29, 0.717) is 34.7 Å². The average Bonchev–Trinajstić information content (AvgIpc) is 3.53. The van der Waals surface area contributed by atoms with Crippen LogP contribution >= 0.6 is 11.3 Å². The van der Waals surface area contributed by atoms with E-state index in [1.807, 2.05) is 42.7 Å². The van der Waals surface area contributed by atoms with Crippen molar-refractivity contribution < 1.29 is 23.1 Å². The summed E-state index contributed by atoms with van der Waals surface area (Å²) in [5.74, 6) is -0.298. The Hall–Kier alpha value is -4.35. The fourth-order valence-electron chi connectivity index (χ4n) is 4.31. The fraction of sp³-hybridized carbons (Fsp3) is 0.143. The topological polar surface area (TPSA) is 131 Å². The van der Waals surface area contributed by atoms with Crippen LogP contribution in [0.3, 0.4) is 0 Å². The van der Waals surface area contributed by atoms with Gasteiger partial charge in [0.1, 0.15) is 11.3 Å². The van der Waals surface area contributed by atoms with E-state index in [1.165, 1.54) is 29.5 Å². The lowest BCUT2D eigenvalue weighted by Gasteiger charge is -2.11. The van der Waals surface area contributed by atoms with Crippen molar-refractivity contribution in [1.82, 2.24) is 14.5 Å². The van der Waals surface area contributed by atoms with Gasteiger partial charge in [0.05, 0.1) is 17.1 Å². The van der Waals surface area contributed by atoms with Gasteiger partial charge in [-0.05, 0) is 41.1 Å². The molecule has 9 nitrogen and oxygen atoms in total. The fourth-order valence-corrected chi connectivity index (χ4v) is 6.23. The quantitative estimate of drug-likeness (QED) is 0.261. The molecule has 0 bridgehead atoms. The van der Waals surface area contributed by atoms with Crippen LogP contribution in [0.15, 0.2) is 72.1 Å². The molecule has 0 spiro atoms. The van der Waals surface area contributed by atoms with Gasteiger partial charge < -0.3 is 9.67 Å². The van der Waals surface area contributed by atoms with Crippen LogP contribution in [-0.4, -0.2) is 39.1 Å². The van der Waals surface area contributed by atoms with Crippen molar-refractivity contribution in [3.8, 4) is 10.4 Å². The third kappa shape index (κ3) is 5.18. The lowest BCUT2D eigenvalue weighted by Crippen LogP contribution is -2.23. The molecule has 198 valence electrons. The van der Waals surface area contributed by atoms with Crippen molar-refractivity contribution in [3.63, 3.8) is 0 Å². The van der Waals surface area contributed by atoms with E-state index >= 15 is 0 Å². The number of nitrogens with one attached hydrogen (secondary N) is 1. The molecule has 3 heterocycles. The molecular weight excluding hydrogens is 536 g/mol. The van der Waals surface area contributed by atoms with Gasteiger partial charge in [0.2, 0.25) is 0 Å². The second kappa shape index (κ2) is 10.4. The number of aromatic nitrogens is 3. The van der Waals surface area contributed by atoms with Crippen LogP contribution in [0.5, 0.6) is 0 Å². The van der Waals surface area contributed by atoms with Crippen LogP contribution in [0.25, 0.3) is 21.6 Å². The predicted octanol–water partition coefficient (Wildman–Crippen LogP) is 5.36. The SMILES string of the molecule is CCc1nc2c(C)cc(C(=O)O)nc2n1Cc1ccc(-c2sccc2NS(=O)(=O)C(=O)c2ccccc2)cc1. The molecule has 39 heavy (non-hydrogen) atoms. The number of aromatic carboxylic acids is 1. The number of carbonyl (C=O) groups excluding carboxylic acids is 1. The Morgan fingerprint density at radius 1 is 1.03 bits per heavy atom. The Balaban J connectivity index is 1.41. The number of carboxylic acids is 1. The first-order valence-electron chi connectivity index (χ1n) is 12.1. The van der Waals surface area contributed by atoms with Crippen LogP contribution in [0.4, 0.5) is 5.69 Å². The smallest absolute Gasteiger partial charge is 0.354 e. The largest absolute Gasteiger partial charge is 0.477 e. The summed E-state index contributed by atoms with van der Waals surface area (Å²) in [5.41, 5.74) is 4.05. The van der Waals surface area contributed by atoms with Gasteiger partial charge in [0, 0.05) is 12.0 Å². The number of fused-ring (bicyclic) bond motifs is 1. The first-order valence-corrected chi connectivity index (χ1v) is 14.4. The lowest BCUT2D eigenvalue weighted by molar-refractivity contribution is 0.0690. The highest BCUT2D eigenvalue weighted by molar-refractivity contribution is 8.07. The molecule has 0 aliphatic carbocycles. The Bertz CT molecular complexity index is 1810. The summed E-state index contributed by atoms with van der Waals surface area (Å²) in [4.78, 5) is 33.8. The number of imidazole rings is 1. The average molecular weight is 561 g/mol. The van der Waals surface area contributed by atoms with Crippen molar-refractivity contribution in [2.75, 3.05) is 4.72 Å². The summed E-state index contributed by atoms with van der Waals surface area (Å²) in [5, 5.41) is 10.2. The number of nitrogens with zero attached hydrogens (tertiary/aromatic N) is 3. The van der Waals surface area contributed by atoms with Gasteiger partial charge in [0.15, 0.2) is 11.3 Å². The van der Waals surface area contributed by atoms with Crippen molar-refractivity contribution in [3.05, 3.63) is 100 Å². The van der Waals surface area contributed by atoms with Gasteiger partial charge in [-0.25, -0.2) is 14.8 Å². The summed E-state index contributed by atoms with van der Waals surface area (Å²) in [6, 6.07) is 18.6. The number of carboxylic acid groups (broad SMARTS) is 1. The van der Waals surface area contributed by atoms with Crippen molar-refractivity contribution in [2.24, 2.45) is 0 Å². The van der Waals surface area contributed by atoms with Crippen LogP contribution < -0.4 is 4.72 Å². The maximum Gasteiger partial charge on any atom is 0.354 e. The van der Waals surface area contributed by atoms with E-state index in [4.69, 9.17) is 0 Å². The zero-order valence-electron chi connectivity index (χ0n) is 21.1. The summed E-state index contributed by atoms with van der Waals surface area (Å²) < 4.78 is 29.9. The molecule has 2 aromatic carbocycles. The number of carbonyl (C=O) groups is 2. The summed E-state index contributed by atoms with van der Waals surface area (Å²) in [6.45, 7) is 4.24. The van der Waals surface area contributed by atoms with Crippen LogP contribution in [0, 0.1) is 6.92 Å². The minimum Gasteiger partial charge on any atom is -0.477 e. The Labute approximate surface area is 228 Å². The Morgan fingerprint density at radius 3 is 2.41 bits per heavy atom. The van der Waals surface area contributed by atoms with E-state index in [0.717, 1.165) is 22.5 Å². The van der Waals surface area contributed by atoms with Gasteiger partial charge in [-0.1, -0.05) is 61.5 Å². The van der Waals surface area contributed by atoms with Crippen LogP contribution in [-0.2, 0) is 23.0 Å². The van der Waals surface area contributed by atoms with Gasteiger partial charge in [-0.15, -0.1) is 11.3 Å². The van der Waals surface area contributed by atoms with Crippen molar-refractivity contribution in [2.45, 2.75) is 26.8 Å². The molecule has 3 aromatic heterocycles. The van der Waals surface area contributed by atoms with Crippen LogP contribution in [0.1, 0.15) is 44.7 Å². The van der Waals surface area contributed by atoms with E-state index in [2.05, 4.69) is 14.7 Å². The molecule has 11 heteroatoms. The first-order chi connectivity index (χ1) is 18.7. The molecule has 0 saturated heterocycles. The summed E-state index contributed by atoms with van der Waals surface area (Å²) in [6.07, 6.45) is 0.649. The van der Waals surface area contributed by atoms with Gasteiger partial charge in [0.25, 0.3) is 5.12 Å². The second-order valence-electron chi connectivity index (χ2n) is 8.89. The predicted molar refractivity (Wildman–Crippen MR) is 151 cm³/mol. The van der Waals surface area contributed by atoms with Crippen molar-refractivity contribution in [1.29, 1.82) is 0 Å². The molecule has 0 radical (unpaired) electrons. The first kappa shape index (κ1) is 26.3. The Kier molecular flexibility index (Phi) is 7.02. The molecule has 0 aliphatic heterocycles. The highest BCUT2D eigenvalue weighted by atomic mass is 32.2. The number of pyridine rings is 1. The molecule has 2 N–H and O–H groups in total. The third-order valence-electron chi connectivity index (χ3n) is 6.23. The van der Waals surface area contributed by atoms with E-state index in [1.54, 1.807) is 29.6 Å². The number of anilines is 1.